The van der Waals surface area contributed by atoms with Crippen LogP contribution in [0.3, 0.4) is 0 Å². The van der Waals surface area contributed by atoms with Gasteiger partial charge in [0.05, 0.1) is 10.0 Å². The van der Waals surface area contributed by atoms with Crippen LogP contribution in [-0.2, 0) is 16.6 Å². The molecule has 2 rings (SSSR count). The van der Waals surface area contributed by atoms with Gasteiger partial charge in [-0.1, -0.05) is 23.8 Å². The first-order valence-corrected chi connectivity index (χ1v) is 8.47. The summed E-state index contributed by atoms with van der Waals surface area (Å²) in [4.78, 5) is 4.90. The Balaban J connectivity index is 2.11. The van der Waals surface area contributed by atoms with E-state index in [1.807, 2.05) is 0 Å². The largest absolute Gasteiger partial charge is 0.388 e. The van der Waals surface area contributed by atoms with E-state index in [-0.39, 0.29) is 16.4 Å². The number of pyridine rings is 1. The van der Waals surface area contributed by atoms with E-state index in [4.69, 9.17) is 29.6 Å². The first-order valence-electron chi connectivity index (χ1n) is 5.38. The van der Waals surface area contributed by atoms with Gasteiger partial charge in [-0.15, -0.1) is 11.3 Å². The third kappa shape index (κ3) is 3.74. The summed E-state index contributed by atoms with van der Waals surface area (Å²) in [6.07, 6.45) is 1.22. The monoisotopic (exact) mass is 347 g/mol. The molecule has 0 atom stereocenters. The van der Waals surface area contributed by atoms with Crippen LogP contribution < -0.4 is 10.5 Å². The summed E-state index contributed by atoms with van der Waals surface area (Å²) >= 11 is 11.9. The van der Waals surface area contributed by atoms with E-state index in [0.717, 1.165) is 4.88 Å². The molecule has 2 heterocycles. The number of thiophene rings is 1. The maximum Gasteiger partial charge on any atom is 0.242 e. The lowest BCUT2D eigenvalue weighted by molar-refractivity contribution is 0.581. The number of hydrogen-bond donors (Lipinski definition) is 2. The average molecular weight is 348 g/mol. The fraction of sp³-hybridized carbons (Fsp3) is 0.0909. The highest BCUT2D eigenvalue weighted by Gasteiger charge is 2.15. The standard InChI is InChI=1S/C11H10ClN3O2S3/c12-10-4-1-7(19-10)5-15-20(16,17)8-2-3-9(11(13)18)14-6-8/h1-4,6,15H,5H2,(H2,13,18). The maximum absolute atomic E-state index is 12.0. The highest BCUT2D eigenvalue weighted by Crippen LogP contribution is 2.21. The Morgan fingerprint density at radius 2 is 2.15 bits per heavy atom. The number of thiocarbonyl (C=S) groups is 1. The van der Waals surface area contributed by atoms with Crippen molar-refractivity contribution in [3.8, 4) is 0 Å². The zero-order chi connectivity index (χ0) is 14.8. The highest BCUT2D eigenvalue weighted by atomic mass is 35.5. The maximum atomic E-state index is 12.0. The van der Waals surface area contributed by atoms with E-state index >= 15 is 0 Å². The molecule has 0 bridgehead atoms. The number of halogens is 1. The molecule has 0 saturated heterocycles. The van der Waals surface area contributed by atoms with Gasteiger partial charge >= 0.3 is 0 Å². The quantitative estimate of drug-likeness (QED) is 0.807. The van der Waals surface area contributed by atoms with Crippen molar-refractivity contribution in [3.05, 3.63) is 45.4 Å². The Labute approximate surface area is 130 Å². The van der Waals surface area contributed by atoms with Crippen molar-refractivity contribution in [1.29, 1.82) is 0 Å². The van der Waals surface area contributed by atoms with Gasteiger partial charge in [-0.2, -0.15) is 0 Å². The molecule has 0 aliphatic carbocycles. The molecule has 0 radical (unpaired) electrons. The highest BCUT2D eigenvalue weighted by molar-refractivity contribution is 7.89. The molecule has 0 aliphatic rings. The predicted molar refractivity (Wildman–Crippen MR) is 83.5 cm³/mol. The van der Waals surface area contributed by atoms with Crippen molar-refractivity contribution >= 4 is 50.2 Å². The van der Waals surface area contributed by atoms with E-state index in [9.17, 15) is 8.42 Å². The molecule has 0 saturated carbocycles. The Morgan fingerprint density at radius 1 is 1.40 bits per heavy atom. The smallest absolute Gasteiger partial charge is 0.242 e. The summed E-state index contributed by atoms with van der Waals surface area (Å²) in [6, 6.07) is 6.36. The Bertz CT molecular complexity index is 726. The van der Waals surface area contributed by atoms with Gasteiger partial charge in [0.2, 0.25) is 10.0 Å². The van der Waals surface area contributed by atoms with E-state index in [2.05, 4.69) is 9.71 Å². The second-order valence-electron chi connectivity index (χ2n) is 3.77. The van der Waals surface area contributed by atoms with Gasteiger partial charge in [0.15, 0.2) is 0 Å². The normalized spacial score (nSPS) is 11.4. The van der Waals surface area contributed by atoms with Gasteiger partial charge in [-0.25, -0.2) is 13.1 Å². The molecular weight excluding hydrogens is 338 g/mol. The van der Waals surface area contributed by atoms with Gasteiger partial charge in [0.25, 0.3) is 0 Å². The fourth-order valence-corrected chi connectivity index (χ4v) is 3.57. The number of nitrogens with two attached hydrogens (primary N) is 1. The van der Waals surface area contributed by atoms with E-state index in [0.29, 0.717) is 10.0 Å². The van der Waals surface area contributed by atoms with Gasteiger partial charge in [-0.05, 0) is 24.3 Å². The minimum atomic E-state index is -3.62. The second kappa shape index (κ2) is 6.15. The molecule has 0 fully saturated rings. The number of sulfonamides is 1. The number of nitrogens with zero attached hydrogens (tertiary/aromatic N) is 1. The second-order valence-corrected chi connectivity index (χ2v) is 7.78. The van der Waals surface area contributed by atoms with Gasteiger partial charge in [0.1, 0.15) is 9.88 Å². The molecule has 9 heteroatoms. The summed E-state index contributed by atoms with van der Waals surface area (Å²) < 4.78 is 27.2. The Kier molecular flexibility index (Phi) is 4.71. The SMILES string of the molecule is NC(=S)c1ccc(S(=O)(=O)NCc2ccc(Cl)s2)cn1. The first-order chi connectivity index (χ1) is 9.38. The topological polar surface area (TPSA) is 85.1 Å². The van der Waals surface area contributed by atoms with Crippen LogP contribution >= 0.6 is 35.2 Å². The number of nitrogens with one attached hydrogen (secondary N) is 1. The third-order valence-corrected chi connectivity index (χ3v) is 5.19. The summed E-state index contributed by atoms with van der Waals surface area (Å²) in [5, 5.41) is 0. The summed E-state index contributed by atoms with van der Waals surface area (Å²) in [6.45, 7) is 0.177. The summed E-state index contributed by atoms with van der Waals surface area (Å²) in [5.41, 5.74) is 5.78. The van der Waals surface area contributed by atoms with E-state index in [1.54, 1.807) is 12.1 Å². The minimum absolute atomic E-state index is 0.0557. The molecule has 3 N–H and O–H groups in total. The molecule has 0 spiro atoms. The molecule has 0 aliphatic heterocycles. The zero-order valence-corrected chi connectivity index (χ0v) is 13.2. The Hall–Kier alpha value is -1.06. The van der Waals surface area contributed by atoms with Crippen LogP contribution in [0.5, 0.6) is 0 Å². The zero-order valence-electron chi connectivity index (χ0n) is 10.0. The van der Waals surface area contributed by atoms with Crippen LogP contribution in [0.25, 0.3) is 0 Å². The van der Waals surface area contributed by atoms with Crippen LogP contribution in [0.4, 0.5) is 0 Å². The first kappa shape index (κ1) is 15.3. The van der Waals surface area contributed by atoms with Gasteiger partial charge < -0.3 is 5.73 Å². The number of rotatable bonds is 5. The van der Waals surface area contributed by atoms with Crippen molar-refractivity contribution < 1.29 is 8.42 Å². The molecule has 0 amide bonds. The number of hydrogen-bond acceptors (Lipinski definition) is 5. The molecule has 2 aromatic heterocycles. The molecular formula is C11H10ClN3O2S3. The van der Waals surface area contributed by atoms with Crippen LogP contribution in [0.15, 0.2) is 35.4 Å². The average Bonchev–Trinajstić information content (AvgIpc) is 2.82. The van der Waals surface area contributed by atoms with Crippen molar-refractivity contribution in [2.45, 2.75) is 11.4 Å². The minimum Gasteiger partial charge on any atom is -0.388 e. The fourth-order valence-electron chi connectivity index (χ4n) is 1.38. The Morgan fingerprint density at radius 3 is 2.65 bits per heavy atom. The van der Waals surface area contributed by atoms with Crippen LogP contribution in [0, 0.1) is 0 Å². The molecule has 0 unspecified atom stereocenters. The predicted octanol–water partition coefficient (Wildman–Crippen LogP) is 1.91. The van der Waals surface area contributed by atoms with Crippen LogP contribution in [-0.4, -0.2) is 18.4 Å². The lowest BCUT2D eigenvalue weighted by Crippen LogP contribution is -2.23. The van der Waals surface area contributed by atoms with Crippen molar-refractivity contribution in [3.63, 3.8) is 0 Å². The van der Waals surface area contributed by atoms with Gasteiger partial charge in [0, 0.05) is 17.6 Å². The molecule has 106 valence electrons. The lowest BCUT2D eigenvalue weighted by Gasteiger charge is -2.06. The van der Waals surface area contributed by atoms with Crippen LogP contribution in [0.1, 0.15) is 10.6 Å². The van der Waals surface area contributed by atoms with Crippen molar-refractivity contribution in [2.24, 2.45) is 5.73 Å². The molecule has 2 aromatic rings. The molecule has 5 nitrogen and oxygen atoms in total. The summed E-state index contributed by atoms with van der Waals surface area (Å²) in [5.74, 6) is 0. The molecule has 0 aromatic carbocycles. The van der Waals surface area contributed by atoms with Gasteiger partial charge in [-0.3, -0.25) is 4.98 Å². The summed E-state index contributed by atoms with van der Waals surface area (Å²) in [7, 11) is -3.62. The number of aromatic nitrogens is 1. The van der Waals surface area contributed by atoms with Crippen molar-refractivity contribution in [2.75, 3.05) is 0 Å². The molecule has 20 heavy (non-hydrogen) atoms. The lowest BCUT2D eigenvalue weighted by atomic mass is 10.3. The van der Waals surface area contributed by atoms with E-state index < -0.39 is 10.0 Å². The van der Waals surface area contributed by atoms with E-state index in [1.165, 1.54) is 29.7 Å². The van der Waals surface area contributed by atoms with Crippen molar-refractivity contribution in [1.82, 2.24) is 9.71 Å². The van der Waals surface area contributed by atoms with Crippen LogP contribution in [0.2, 0.25) is 4.34 Å². The third-order valence-electron chi connectivity index (χ3n) is 2.36.